The van der Waals surface area contributed by atoms with Gasteiger partial charge >= 0.3 is 6.18 Å². The van der Waals surface area contributed by atoms with Gasteiger partial charge in [0.2, 0.25) is 16.4 Å². The van der Waals surface area contributed by atoms with Crippen LogP contribution in [0.5, 0.6) is 0 Å². The molecule has 0 radical (unpaired) electrons. The van der Waals surface area contributed by atoms with Crippen LogP contribution >= 0.6 is 11.6 Å². The fourth-order valence-electron chi connectivity index (χ4n) is 2.97. The summed E-state index contributed by atoms with van der Waals surface area (Å²) in [6.07, 6.45) is -3.94. The number of amides is 2. The van der Waals surface area contributed by atoms with E-state index in [0.717, 1.165) is 18.2 Å². The molecule has 1 heterocycles. The number of hydrogen-bond acceptors (Lipinski definition) is 4. The molecular formula is C19H17ClF3N3O4S. The van der Waals surface area contributed by atoms with Gasteiger partial charge in [0.15, 0.2) is 0 Å². The van der Waals surface area contributed by atoms with Crippen molar-refractivity contribution >= 4 is 39.6 Å². The highest BCUT2D eigenvalue weighted by atomic mass is 35.5. The van der Waals surface area contributed by atoms with Gasteiger partial charge in [-0.15, -0.1) is 0 Å². The molecule has 0 saturated carbocycles. The molecule has 1 fully saturated rings. The largest absolute Gasteiger partial charge is 0.416 e. The van der Waals surface area contributed by atoms with Gasteiger partial charge in [-0.05, 0) is 42.5 Å². The first-order chi connectivity index (χ1) is 14.5. The number of nitrogens with zero attached hydrogens (tertiary/aromatic N) is 2. The number of piperazine rings is 1. The highest BCUT2D eigenvalue weighted by molar-refractivity contribution is 7.89. The van der Waals surface area contributed by atoms with Crippen molar-refractivity contribution < 1.29 is 31.2 Å². The van der Waals surface area contributed by atoms with Crippen molar-refractivity contribution in [1.29, 1.82) is 0 Å². The van der Waals surface area contributed by atoms with Gasteiger partial charge in [0, 0.05) is 31.7 Å². The van der Waals surface area contributed by atoms with Crippen LogP contribution < -0.4 is 5.32 Å². The van der Waals surface area contributed by atoms with Crippen molar-refractivity contribution in [3.8, 4) is 0 Å². The van der Waals surface area contributed by atoms with Crippen molar-refractivity contribution in [2.75, 3.05) is 31.5 Å². The topological polar surface area (TPSA) is 86.8 Å². The first kappa shape index (κ1) is 23.0. The van der Waals surface area contributed by atoms with Gasteiger partial charge in [0.1, 0.15) is 0 Å². The summed E-state index contributed by atoms with van der Waals surface area (Å²) in [5.74, 6) is -0.746. The van der Waals surface area contributed by atoms with Crippen LogP contribution in [0.4, 0.5) is 18.9 Å². The second-order valence-corrected chi connectivity index (χ2v) is 9.06. The third-order valence-corrected chi connectivity index (χ3v) is 6.96. The van der Waals surface area contributed by atoms with Crippen LogP contribution in [0.3, 0.4) is 0 Å². The summed E-state index contributed by atoms with van der Waals surface area (Å²) in [7, 11) is -3.81. The summed E-state index contributed by atoms with van der Waals surface area (Å²) in [6, 6.07) is 7.54. The first-order valence-electron chi connectivity index (χ1n) is 9.00. The molecule has 1 N–H and O–H groups in total. The lowest BCUT2D eigenvalue weighted by Gasteiger charge is -2.31. The van der Waals surface area contributed by atoms with E-state index in [1.807, 2.05) is 0 Å². The molecule has 0 spiro atoms. The molecular weight excluding hydrogens is 459 g/mol. The maximum atomic E-state index is 12.9. The highest BCUT2D eigenvalue weighted by Gasteiger charge is 2.31. The number of hydrogen-bond donors (Lipinski definition) is 1. The van der Waals surface area contributed by atoms with E-state index in [1.54, 1.807) is 0 Å². The third kappa shape index (κ3) is 5.17. The maximum absolute atomic E-state index is 12.9. The second kappa shape index (κ2) is 8.85. The molecule has 0 atom stereocenters. The summed E-state index contributed by atoms with van der Waals surface area (Å²) in [5, 5.41) is 2.23. The Morgan fingerprint density at radius 2 is 1.65 bits per heavy atom. The molecule has 0 unspecified atom stereocenters. The molecule has 7 nitrogen and oxygen atoms in total. The van der Waals surface area contributed by atoms with Gasteiger partial charge in [-0.25, -0.2) is 8.42 Å². The molecule has 0 bridgehead atoms. The number of halogens is 4. The predicted molar refractivity (Wildman–Crippen MR) is 107 cm³/mol. The Morgan fingerprint density at radius 1 is 1.03 bits per heavy atom. The zero-order valence-corrected chi connectivity index (χ0v) is 17.5. The monoisotopic (exact) mass is 475 g/mol. The number of carbonyl (C=O) groups is 2. The quantitative estimate of drug-likeness (QED) is 0.673. The fourth-order valence-corrected chi connectivity index (χ4v) is 4.56. The molecule has 2 aromatic rings. The average molecular weight is 476 g/mol. The Morgan fingerprint density at radius 3 is 2.19 bits per heavy atom. The lowest BCUT2D eigenvalue weighted by atomic mass is 10.1. The Labute approximate surface area is 181 Å². The molecule has 2 amide bonds. The summed E-state index contributed by atoms with van der Waals surface area (Å²) in [5.41, 5.74) is -1.15. The van der Waals surface area contributed by atoms with Crippen LogP contribution in [-0.4, -0.2) is 56.1 Å². The maximum Gasteiger partial charge on any atom is 0.416 e. The van der Waals surface area contributed by atoms with E-state index in [-0.39, 0.29) is 47.3 Å². The highest BCUT2D eigenvalue weighted by Crippen LogP contribution is 2.34. The fraction of sp³-hybridized carbons (Fsp3) is 0.263. The Hall–Kier alpha value is -2.63. The second-order valence-electron chi connectivity index (χ2n) is 6.72. The van der Waals surface area contributed by atoms with Gasteiger partial charge in [-0.3, -0.25) is 9.59 Å². The number of benzene rings is 2. The number of nitrogens with one attached hydrogen (secondary N) is 1. The lowest BCUT2D eigenvalue weighted by Crippen LogP contribution is -2.47. The van der Waals surface area contributed by atoms with Crippen molar-refractivity contribution in [2.24, 2.45) is 0 Å². The van der Waals surface area contributed by atoms with E-state index in [9.17, 15) is 31.2 Å². The van der Waals surface area contributed by atoms with Gasteiger partial charge in [-0.2, -0.15) is 17.5 Å². The molecule has 1 aliphatic heterocycles. The Kier molecular flexibility index (Phi) is 6.58. The van der Waals surface area contributed by atoms with Crippen LogP contribution in [0.1, 0.15) is 15.9 Å². The molecule has 31 heavy (non-hydrogen) atoms. The van der Waals surface area contributed by atoms with E-state index in [4.69, 9.17) is 11.6 Å². The van der Waals surface area contributed by atoms with Gasteiger partial charge in [0.05, 0.1) is 21.2 Å². The van der Waals surface area contributed by atoms with Crippen molar-refractivity contribution in [3.63, 3.8) is 0 Å². The molecule has 0 aliphatic carbocycles. The van der Waals surface area contributed by atoms with E-state index in [0.29, 0.717) is 6.41 Å². The summed E-state index contributed by atoms with van der Waals surface area (Å²) in [6.45, 7) is 0.858. The average Bonchev–Trinajstić information content (AvgIpc) is 2.74. The van der Waals surface area contributed by atoms with Crippen LogP contribution in [0.2, 0.25) is 5.02 Å². The van der Waals surface area contributed by atoms with E-state index in [1.165, 1.54) is 33.5 Å². The van der Waals surface area contributed by atoms with Crippen molar-refractivity contribution in [2.45, 2.75) is 11.1 Å². The minimum Gasteiger partial charge on any atom is -0.343 e. The number of alkyl halides is 3. The van der Waals surface area contributed by atoms with Crippen LogP contribution in [0, 0.1) is 0 Å². The Bertz CT molecular complexity index is 1080. The number of rotatable bonds is 5. The van der Waals surface area contributed by atoms with Crippen LogP contribution in [0.15, 0.2) is 47.4 Å². The SMILES string of the molecule is O=CN1CCN(S(=O)(=O)c2ccc(C(=O)Nc3cc(C(F)(F)F)ccc3Cl)cc2)CC1. The Balaban J connectivity index is 1.74. The van der Waals surface area contributed by atoms with Crippen LogP contribution in [-0.2, 0) is 21.0 Å². The first-order valence-corrected chi connectivity index (χ1v) is 10.8. The molecule has 1 aliphatic rings. The van der Waals surface area contributed by atoms with Gasteiger partial charge < -0.3 is 10.2 Å². The number of carbonyl (C=O) groups excluding carboxylic acids is 2. The van der Waals surface area contributed by atoms with E-state index < -0.39 is 27.7 Å². The molecule has 12 heteroatoms. The number of anilines is 1. The normalized spacial score (nSPS) is 15.5. The summed E-state index contributed by atoms with van der Waals surface area (Å²) in [4.78, 5) is 24.6. The predicted octanol–water partition coefficient (Wildman–Crippen LogP) is 3.07. The summed E-state index contributed by atoms with van der Waals surface area (Å²) < 4.78 is 65.3. The van der Waals surface area contributed by atoms with Crippen molar-refractivity contribution in [1.82, 2.24) is 9.21 Å². The van der Waals surface area contributed by atoms with E-state index in [2.05, 4.69) is 5.32 Å². The molecule has 166 valence electrons. The molecule has 0 aromatic heterocycles. The summed E-state index contributed by atoms with van der Waals surface area (Å²) >= 11 is 5.88. The molecule has 1 saturated heterocycles. The number of sulfonamides is 1. The third-order valence-electron chi connectivity index (χ3n) is 4.72. The molecule has 2 aromatic carbocycles. The zero-order chi connectivity index (χ0) is 22.8. The zero-order valence-electron chi connectivity index (χ0n) is 15.9. The minimum atomic E-state index is -4.60. The van der Waals surface area contributed by atoms with Crippen LogP contribution in [0.25, 0.3) is 0 Å². The molecule has 3 rings (SSSR count). The van der Waals surface area contributed by atoms with Crippen molar-refractivity contribution in [3.05, 3.63) is 58.6 Å². The standard InChI is InChI=1S/C19H17ClF3N3O4S/c20-16-6-3-14(19(21,22)23)11-17(16)24-18(28)13-1-4-15(5-2-13)31(29,30)26-9-7-25(12-27)8-10-26/h1-6,11-12H,7-10H2,(H,24,28). The minimum absolute atomic E-state index is 0.0400. The van der Waals surface area contributed by atoms with Gasteiger partial charge in [0.25, 0.3) is 5.91 Å². The lowest BCUT2D eigenvalue weighted by molar-refractivity contribution is -0.137. The smallest absolute Gasteiger partial charge is 0.343 e. The van der Waals surface area contributed by atoms with Gasteiger partial charge in [-0.1, -0.05) is 11.6 Å². The van der Waals surface area contributed by atoms with E-state index >= 15 is 0 Å².